The van der Waals surface area contributed by atoms with E-state index >= 15 is 0 Å². The minimum Gasteiger partial charge on any atom is -0.496 e. The average molecular weight is 381 g/mol. The van der Waals surface area contributed by atoms with E-state index in [1.165, 1.54) is 5.56 Å². The Balaban J connectivity index is 1.49. The van der Waals surface area contributed by atoms with Crippen molar-refractivity contribution < 1.29 is 14.3 Å². The first-order valence-corrected chi connectivity index (χ1v) is 9.60. The van der Waals surface area contributed by atoms with Crippen LogP contribution in [0.3, 0.4) is 0 Å². The fourth-order valence-corrected chi connectivity index (χ4v) is 3.36. The first-order valence-electron chi connectivity index (χ1n) is 9.60. The van der Waals surface area contributed by atoms with Crippen LogP contribution < -0.4 is 10.1 Å². The van der Waals surface area contributed by atoms with Gasteiger partial charge in [0.25, 0.3) is 5.91 Å². The number of piperazine rings is 1. The molecule has 2 aromatic carbocycles. The molecule has 0 unspecified atom stereocenters. The molecule has 1 fully saturated rings. The van der Waals surface area contributed by atoms with E-state index in [9.17, 15) is 9.59 Å². The first kappa shape index (κ1) is 19.7. The van der Waals surface area contributed by atoms with Crippen LogP contribution in [0.25, 0.3) is 0 Å². The molecule has 1 N–H and O–H groups in total. The van der Waals surface area contributed by atoms with Crippen molar-refractivity contribution in [3.05, 3.63) is 65.7 Å². The third kappa shape index (κ3) is 4.63. The molecular weight excluding hydrogens is 354 g/mol. The summed E-state index contributed by atoms with van der Waals surface area (Å²) in [5, 5.41) is 3.01. The predicted octanol–water partition coefficient (Wildman–Crippen LogP) is 2.97. The normalized spacial score (nSPS) is 15.1. The van der Waals surface area contributed by atoms with Crippen LogP contribution in [0.1, 0.15) is 28.8 Å². The molecule has 0 spiro atoms. The highest BCUT2D eigenvalue weighted by Gasteiger charge is 2.26. The standard InChI is InChI=1S/C22H27N3O3/c1-17(18-8-4-3-5-9-18)16-23-22(27)25-14-12-24(13-15-25)21(26)19-10-6-7-11-20(19)28-2/h3-11,17H,12-16H2,1-2H3,(H,23,27)/t17-/m0/s1. The van der Waals surface area contributed by atoms with E-state index in [1.807, 2.05) is 30.3 Å². The highest BCUT2D eigenvalue weighted by Crippen LogP contribution is 2.20. The maximum atomic E-state index is 12.8. The minimum atomic E-state index is -0.0767. The van der Waals surface area contributed by atoms with Crippen molar-refractivity contribution in [2.75, 3.05) is 39.8 Å². The number of urea groups is 1. The topological polar surface area (TPSA) is 61.9 Å². The molecular formula is C22H27N3O3. The average Bonchev–Trinajstić information content (AvgIpc) is 2.77. The Morgan fingerprint density at radius 3 is 2.25 bits per heavy atom. The van der Waals surface area contributed by atoms with Crippen molar-refractivity contribution in [1.29, 1.82) is 0 Å². The van der Waals surface area contributed by atoms with Crippen molar-refractivity contribution >= 4 is 11.9 Å². The lowest BCUT2D eigenvalue weighted by Gasteiger charge is -2.35. The number of carbonyl (C=O) groups is 2. The van der Waals surface area contributed by atoms with Gasteiger partial charge in [0.05, 0.1) is 12.7 Å². The summed E-state index contributed by atoms with van der Waals surface area (Å²) in [6, 6.07) is 17.3. The Bertz CT molecular complexity index is 802. The van der Waals surface area contributed by atoms with Gasteiger partial charge >= 0.3 is 6.03 Å². The zero-order valence-corrected chi connectivity index (χ0v) is 16.4. The number of benzene rings is 2. The molecule has 2 aromatic rings. The number of rotatable bonds is 5. The van der Waals surface area contributed by atoms with Crippen LogP contribution >= 0.6 is 0 Å². The molecule has 0 saturated carbocycles. The van der Waals surface area contributed by atoms with E-state index in [-0.39, 0.29) is 17.9 Å². The van der Waals surface area contributed by atoms with Crippen molar-refractivity contribution in [2.24, 2.45) is 0 Å². The van der Waals surface area contributed by atoms with Crippen molar-refractivity contribution in [3.8, 4) is 5.75 Å². The molecule has 3 amide bonds. The van der Waals surface area contributed by atoms with Gasteiger partial charge in [-0.2, -0.15) is 0 Å². The van der Waals surface area contributed by atoms with Crippen LogP contribution in [-0.2, 0) is 0 Å². The smallest absolute Gasteiger partial charge is 0.317 e. The summed E-state index contributed by atoms with van der Waals surface area (Å²) in [4.78, 5) is 28.8. The number of nitrogens with zero attached hydrogens (tertiary/aromatic N) is 2. The monoisotopic (exact) mass is 381 g/mol. The van der Waals surface area contributed by atoms with Crippen LogP contribution in [0.2, 0.25) is 0 Å². The van der Waals surface area contributed by atoms with E-state index in [4.69, 9.17) is 4.74 Å². The van der Waals surface area contributed by atoms with Crippen molar-refractivity contribution in [2.45, 2.75) is 12.8 Å². The second-order valence-corrected chi connectivity index (χ2v) is 6.98. The van der Waals surface area contributed by atoms with Crippen molar-refractivity contribution in [3.63, 3.8) is 0 Å². The maximum absolute atomic E-state index is 12.8. The zero-order valence-electron chi connectivity index (χ0n) is 16.4. The summed E-state index contributed by atoms with van der Waals surface area (Å²) in [7, 11) is 1.56. The summed E-state index contributed by atoms with van der Waals surface area (Å²) in [5.74, 6) is 0.761. The predicted molar refractivity (Wildman–Crippen MR) is 109 cm³/mol. The molecule has 0 radical (unpaired) electrons. The molecule has 6 nitrogen and oxygen atoms in total. The second kappa shape index (κ2) is 9.26. The Hall–Kier alpha value is -3.02. The molecule has 3 rings (SSSR count). The summed E-state index contributed by atoms with van der Waals surface area (Å²) < 4.78 is 5.29. The lowest BCUT2D eigenvalue weighted by atomic mass is 10.0. The largest absolute Gasteiger partial charge is 0.496 e. The van der Waals surface area contributed by atoms with Gasteiger partial charge < -0.3 is 19.9 Å². The maximum Gasteiger partial charge on any atom is 0.317 e. The van der Waals surface area contributed by atoms with Gasteiger partial charge in [0, 0.05) is 32.7 Å². The van der Waals surface area contributed by atoms with Gasteiger partial charge in [-0.15, -0.1) is 0 Å². The number of carbonyl (C=O) groups excluding carboxylic acids is 2. The highest BCUT2D eigenvalue weighted by atomic mass is 16.5. The molecule has 6 heteroatoms. The Morgan fingerprint density at radius 1 is 0.964 bits per heavy atom. The van der Waals surface area contributed by atoms with E-state index < -0.39 is 0 Å². The van der Waals surface area contributed by atoms with Crippen molar-refractivity contribution in [1.82, 2.24) is 15.1 Å². The number of amides is 3. The second-order valence-electron chi connectivity index (χ2n) is 6.98. The number of para-hydroxylation sites is 1. The molecule has 1 heterocycles. The number of ether oxygens (including phenoxy) is 1. The van der Waals surface area contributed by atoms with Gasteiger partial charge in [-0.25, -0.2) is 4.79 Å². The Labute approximate surface area is 166 Å². The molecule has 1 atom stereocenters. The van der Waals surface area contributed by atoms with Crippen LogP contribution in [0.15, 0.2) is 54.6 Å². The molecule has 1 saturated heterocycles. The molecule has 148 valence electrons. The fourth-order valence-electron chi connectivity index (χ4n) is 3.36. The van der Waals surface area contributed by atoms with Crippen LogP contribution in [0.5, 0.6) is 5.75 Å². The number of hydrogen-bond donors (Lipinski definition) is 1. The SMILES string of the molecule is COc1ccccc1C(=O)N1CCN(C(=O)NC[C@H](C)c2ccccc2)CC1. The molecule has 0 bridgehead atoms. The highest BCUT2D eigenvalue weighted by molar-refractivity contribution is 5.97. The Kier molecular flexibility index (Phi) is 6.53. The van der Waals surface area contributed by atoms with E-state index in [1.54, 1.807) is 29.0 Å². The summed E-state index contributed by atoms with van der Waals surface area (Å²) in [6.45, 7) is 4.75. The quantitative estimate of drug-likeness (QED) is 0.866. The van der Waals surface area contributed by atoms with Crippen LogP contribution in [0, 0.1) is 0 Å². The zero-order chi connectivity index (χ0) is 19.9. The lowest BCUT2D eigenvalue weighted by molar-refractivity contribution is 0.0661. The summed E-state index contributed by atoms with van der Waals surface area (Å²) in [5.41, 5.74) is 1.76. The van der Waals surface area contributed by atoms with Gasteiger partial charge in [0.1, 0.15) is 5.75 Å². The molecule has 28 heavy (non-hydrogen) atoms. The van der Waals surface area contributed by atoms with Crippen LogP contribution in [-0.4, -0.2) is 61.6 Å². The third-order valence-corrected chi connectivity index (χ3v) is 5.12. The van der Waals surface area contributed by atoms with E-state index in [2.05, 4.69) is 24.4 Å². The number of nitrogens with one attached hydrogen (secondary N) is 1. The third-order valence-electron chi connectivity index (χ3n) is 5.12. The van der Waals surface area contributed by atoms with E-state index in [0.717, 1.165) is 0 Å². The molecule has 0 aromatic heterocycles. The number of methoxy groups -OCH3 is 1. The van der Waals surface area contributed by atoms with Gasteiger partial charge in [0.2, 0.25) is 0 Å². The fraction of sp³-hybridized carbons (Fsp3) is 0.364. The minimum absolute atomic E-state index is 0.0600. The van der Waals surface area contributed by atoms with Gasteiger partial charge in [-0.1, -0.05) is 49.4 Å². The first-order chi connectivity index (χ1) is 13.6. The summed E-state index contributed by atoms with van der Waals surface area (Å²) in [6.07, 6.45) is 0. The molecule has 1 aliphatic rings. The van der Waals surface area contributed by atoms with E-state index in [0.29, 0.717) is 44.0 Å². The van der Waals surface area contributed by atoms with Gasteiger partial charge in [-0.05, 0) is 23.6 Å². The van der Waals surface area contributed by atoms with Gasteiger partial charge in [0.15, 0.2) is 0 Å². The van der Waals surface area contributed by atoms with Crippen LogP contribution in [0.4, 0.5) is 4.79 Å². The summed E-state index contributed by atoms with van der Waals surface area (Å²) >= 11 is 0. The molecule has 1 aliphatic heterocycles. The Morgan fingerprint density at radius 2 is 1.57 bits per heavy atom. The van der Waals surface area contributed by atoms with Gasteiger partial charge in [-0.3, -0.25) is 4.79 Å². The lowest BCUT2D eigenvalue weighted by Crippen LogP contribution is -2.53. The number of hydrogen-bond acceptors (Lipinski definition) is 3. The molecule has 0 aliphatic carbocycles.